The van der Waals surface area contributed by atoms with E-state index in [1.165, 1.54) is 6.08 Å². The van der Waals surface area contributed by atoms with Crippen molar-refractivity contribution in [3.05, 3.63) is 35.9 Å². The standard InChI is InChI=1S/C7H9BF2O2/c1-2-3-4-6(8(11)12)7(10)5-9/h2-5,11-12H,1H3/b3-2-,6-4+,7-5-. The molecule has 0 aromatic rings. The Labute approximate surface area is 69.7 Å². The van der Waals surface area contributed by atoms with Crippen LogP contribution in [0, 0.1) is 0 Å². The molecule has 0 aromatic carbocycles. The van der Waals surface area contributed by atoms with Crippen LogP contribution in [0.15, 0.2) is 35.9 Å². The zero-order valence-corrected chi connectivity index (χ0v) is 6.54. The van der Waals surface area contributed by atoms with Crippen molar-refractivity contribution in [3.8, 4) is 0 Å². The Hall–Kier alpha value is -0.935. The first-order chi connectivity index (χ1) is 5.63. The van der Waals surface area contributed by atoms with E-state index in [-0.39, 0.29) is 6.33 Å². The third-order valence-electron chi connectivity index (χ3n) is 1.12. The van der Waals surface area contributed by atoms with Gasteiger partial charge in [0, 0.05) is 5.47 Å². The van der Waals surface area contributed by atoms with E-state index in [1.807, 2.05) is 0 Å². The second kappa shape index (κ2) is 5.68. The summed E-state index contributed by atoms with van der Waals surface area (Å²) in [6.07, 6.45) is 3.68. The third-order valence-corrected chi connectivity index (χ3v) is 1.12. The maximum atomic E-state index is 12.4. The largest absolute Gasteiger partial charge is 0.491 e. The molecule has 0 aliphatic heterocycles. The normalized spacial score (nSPS) is 14.1. The predicted octanol–water partition coefficient (Wildman–Crippen LogP) is 1.28. The van der Waals surface area contributed by atoms with E-state index < -0.39 is 18.4 Å². The van der Waals surface area contributed by atoms with Gasteiger partial charge in [-0.05, 0) is 6.92 Å². The van der Waals surface area contributed by atoms with E-state index >= 15 is 0 Å². The summed E-state index contributed by atoms with van der Waals surface area (Å²) in [5, 5.41) is 17.1. The van der Waals surface area contributed by atoms with Crippen molar-refractivity contribution in [2.75, 3.05) is 0 Å². The highest BCUT2D eigenvalue weighted by Gasteiger charge is 2.18. The average molecular weight is 174 g/mol. The van der Waals surface area contributed by atoms with Crippen LogP contribution in [-0.2, 0) is 0 Å². The molecule has 0 heterocycles. The first-order valence-corrected chi connectivity index (χ1v) is 3.28. The van der Waals surface area contributed by atoms with Gasteiger partial charge in [-0.3, -0.25) is 0 Å². The van der Waals surface area contributed by atoms with Crippen LogP contribution in [0.5, 0.6) is 0 Å². The Morgan fingerprint density at radius 2 is 2.00 bits per heavy atom. The molecule has 2 N–H and O–H groups in total. The Kier molecular flexibility index (Phi) is 5.24. The summed E-state index contributed by atoms with van der Waals surface area (Å²) in [4.78, 5) is 0. The minimum absolute atomic E-state index is 0.325. The monoisotopic (exact) mass is 174 g/mol. The van der Waals surface area contributed by atoms with Crippen LogP contribution in [-0.4, -0.2) is 17.2 Å². The van der Waals surface area contributed by atoms with Gasteiger partial charge in [-0.25, -0.2) is 8.78 Å². The van der Waals surface area contributed by atoms with Crippen LogP contribution in [0.25, 0.3) is 0 Å². The van der Waals surface area contributed by atoms with Gasteiger partial charge in [-0.1, -0.05) is 18.2 Å². The molecule has 0 unspecified atom stereocenters. The molecular formula is C7H9BF2O2. The van der Waals surface area contributed by atoms with Crippen LogP contribution in [0.1, 0.15) is 6.92 Å². The van der Waals surface area contributed by atoms with Gasteiger partial charge in [0.2, 0.25) is 0 Å². The molecule has 0 rings (SSSR count). The smallest absolute Gasteiger partial charge is 0.423 e. The average Bonchev–Trinajstić information content (AvgIpc) is 2.04. The van der Waals surface area contributed by atoms with Crippen molar-refractivity contribution in [2.45, 2.75) is 6.92 Å². The fraction of sp³-hybridized carbons (Fsp3) is 0.143. The molecular weight excluding hydrogens is 165 g/mol. The van der Waals surface area contributed by atoms with Crippen molar-refractivity contribution in [1.29, 1.82) is 0 Å². The number of halogens is 2. The van der Waals surface area contributed by atoms with E-state index in [4.69, 9.17) is 10.0 Å². The predicted molar refractivity (Wildman–Crippen MR) is 43.4 cm³/mol. The molecule has 2 nitrogen and oxygen atoms in total. The van der Waals surface area contributed by atoms with Crippen molar-refractivity contribution in [3.63, 3.8) is 0 Å². The molecule has 0 aromatic heterocycles. The lowest BCUT2D eigenvalue weighted by atomic mass is 9.78. The summed E-state index contributed by atoms with van der Waals surface area (Å²) < 4.78 is 24.0. The first-order valence-electron chi connectivity index (χ1n) is 3.28. The van der Waals surface area contributed by atoms with E-state index in [0.717, 1.165) is 6.08 Å². The van der Waals surface area contributed by atoms with E-state index in [0.29, 0.717) is 0 Å². The maximum Gasteiger partial charge on any atom is 0.491 e. The van der Waals surface area contributed by atoms with E-state index in [9.17, 15) is 8.78 Å². The molecule has 0 spiro atoms. The lowest BCUT2D eigenvalue weighted by Crippen LogP contribution is -2.15. The fourth-order valence-corrected chi connectivity index (χ4v) is 0.552. The molecule has 12 heavy (non-hydrogen) atoms. The molecule has 0 amide bonds. The van der Waals surface area contributed by atoms with Gasteiger partial charge in [0.25, 0.3) is 0 Å². The van der Waals surface area contributed by atoms with Gasteiger partial charge in [0.15, 0.2) is 5.83 Å². The summed E-state index contributed by atoms with van der Waals surface area (Å²) in [6.45, 7) is 1.66. The molecule has 66 valence electrons. The molecule has 0 bridgehead atoms. The van der Waals surface area contributed by atoms with Gasteiger partial charge in [-0.15, -0.1) is 0 Å². The second-order valence-corrected chi connectivity index (χ2v) is 1.98. The Balaban J connectivity index is 4.66. The Morgan fingerprint density at radius 1 is 1.42 bits per heavy atom. The number of hydrogen-bond donors (Lipinski definition) is 2. The number of rotatable bonds is 3. The quantitative estimate of drug-likeness (QED) is 0.499. The summed E-state index contributed by atoms with van der Waals surface area (Å²) in [7, 11) is -2.01. The molecule has 0 saturated carbocycles. The van der Waals surface area contributed by atoms with Crippen LogP contribution in [0.2, 0.25) is 0 Å². The summed E-state index contributed by atoms with van der Waals surface area (Å²) in [5.41, 5.74) is -0.504. The lowest BCUT2D eigenvalue weighted by molar-refractivity contribution is 0.415. The highest BCUT2D eigenvalue weighted by molar-refractivity contribution is 6.52. The van der Waals surface area contributed by atoms with Gasteiger partial charge in [-0.2, -0.15) is 0 Å². The molecule has 0 aliphatic rings. The Morgan fingerprint density at radius 3 is 2.33 bits per heavy atom. The van der Waals surface area contributed by atoms with Gasteiger partial charge in [0.1, 0.15) is 6.33 Å². The fourth-order valence-electron chi connectivity index (χ4n) is 0.552. The molecule has 0 radical (unpaired) electrons. The van der Waals surface area contributed by atoms with Gasteiger partial charge in [0.05, 0.1) is 0 Å². The molecule has 0 atom stereocenters. The molecule has 0 aliphatic carbocycles. The van der Waals surface area contributed by atoms with Crippen LogP contribution in [0.4, 0.5) is 8.78 Å². The first kappa shape index (κ1) is 11.1. The zero-order chi connectivity index (χ0) is 9.56. The summed E-state index contributed by atoms with van der Waals surface area (Å²) in [6, 6.07) is 0. The molecule has 0 saturated heterocycles. The molecule has 5 heteroatoms. The van der Waals surface area contributed by atoms with Crippen molar-refractivity contribution in [2.24, 2.45) is 0 Å². The lowest BCUT2D eigenvalue weighted by Gasteiger charge is -1.99. The highest BCUT2D eigenvalue weighted by Crippen LogP contribution is 2.12. The SMILES string of the molecule is C\C=C/C=C(B(O)O)\C(F)=C\F. The van der Waals surface area contributed by atoms with Gasteiger partial charge >= 0.3 is 7.12 Å². The third kappa shape index (κ3) is 3.45. The summed E-state index contributed by atoms with van der Waals surface area (Å²) in [5.74, 6) is -1.29. The zero-order valence-electron chi connectivity index (χ0n) is 6.54. The Bertz CT molecular complexity index is 221. The second-order valence-electron chi connectivity index (χ2n) is 1.98. The van der Waals surface area contributed by atoms with Crippen LogP contribution in [0.3, 0.4) is 0 Å². The van der Waals surface area contributed by atoms with Crippen LogP contribution < -0.4 is 0 Å². The van der Waals surface area contributed by atoms with Crippen molar-refractivity contribution < 1.29 is 18.8 Å². The topological polar surface area (TPSA) is 40.5 Å². The minimum atomic E-state index is -2.01. The van der Waals surface area contributed by atoms with Crippen molar-refractivity contribution in [1.82, 2.24) is 0 Å². The number of allylic oxidation sites excluding steroid dienone is 5. The molecule has 0 fully saturated rings. The van der Waals surface area contributed by atoms with E-state index in [1.54, 1.807) is 13.0 Å². The van der Waals surface area contributed by atoms with E-state index in [2.05, 4.69) is 0 Å². The highest BCUT2D eigenvalue weighted by atomic mass is 19.2. The van der Waals surface area contributed by atoms with Crippen LogP contribution >= 0.6 is 0 Å². The number of hydrogen-bond acceptors (Lipinski definition) is 2. The summed E-state index contributed by atoms with van der Waals surface area (Å²) >= 11 is 0. The van der Waals surface area contributed by atoms with Gasteiger partial charge < -0.3 is 10.0 Å². The maximum absolute atomic E-state index is 12.4. The van der Waals surface area contributed by atoms with Crippen molar-refractivity contribution >= 4 is 7.12 Å². The minimum Gasteiger partial charge on any atom is -0.423 e.